The molecule has 0 saturated carbocycles. The largest absolute Gasteiger partial charge is 0.263 e. The van der Waals surface area contributed by atoms with E-state index in [0.717, 1.165) is 6.07 Å². The number of hydrogen-bond acceptors (Lipinski definition) is 3. The van der Waals surface area contributed by atoms with Gasteiger partial charge in [0, 0.05) is 6.20 Å². The van der Waals surface area contributed by atoms with Gasteiger partial charge in [0.25, 0.3) is 10.0 Å². The topological polar surface area (TPSA) is 59.1 Å². The van der Waals surface area contributed by atoms with Crippen molar-refractivity contribution >= 4 is 15.8 Å². The van der Waals surface area contributed by atoms with Gasteiger partial charge in [0.05, 0.1) is 4.90 Å². The van der Waals surface area contributed by atoms with E-state index in [1.54, 1.807) is 19.1 Å². The van der Waals surface area contributed by atoms with Gasteiger partial charge in [-0.3, -0.25) is 4.72 Å². The number of halogens is 1. The first-order valence-electron chi connectivity index (χ1n) is 5.61. The Morgan fingerprint density at radius 3 is 2.53 bits per heavy atom. The van der Waals surface area contributed by atoms with Crippen molar-refractivity contribution in [2.45, 2.75) is 18.7 Å². The molecular weight excluding hydrogens is 267 g/mol. The lowest BCUT2D eigenvalue weighted by Gasteiger charge is -2.09. The van der Waals surface area contributed by atoms with E-state index >= 15 is 0 Å². The van der Waals surface area contributed by atoms with Gasteiger partial charge in [-0.05, 0) is 49.2 Å². The average Bonchev–Trinajstić information content (AvgIpc) is 2.35. The summed E-state index contributed by atoms with van der Waals surface area (Å²) in [6, 6.07) is 7.12. The van der Waals surface area contributed by atoms with Gasteiger partial charge in [-0.1, -0.05) is 6.07 Å². The van der Waals surface area contributed by atoms with Gasteiger partial charge in [0.15, 0.2) is 0 Å². The molecule has 1 aromatic heterocycles. The Balaban J connectivity index is 2.38. The van der Waals surface area contributed by atoms with Crippen LogP contribution in [0.4, 0.5) is 10.2 Å². The number of aryl methyl sites for hydroxylation is 2. The van der Waals surface area contributed by atoms with E-state index in [4.69, 9.17) is 0 Å². The summed E-state index contributed by atoms with van der Waals surface area (Å²) >= 11 is 0. The van der Waals surface area contributed by atoms with Crippen molar-refractivity contribution in [1.82, 2.24) is 4.98 Å². The van der Waals surface area contributed by atoms with Crippen molar-refractivity contribution in [3.8, 4) is 0 Å². The zero-order valence-electron chi connectivity index (χ0n) is 10.5. The van der Waals surface area contributed by atoms with Gasteiger partial charge in [-0.2, -0.15) is 0 Å². The van der Waals surface area contributed by atoms with Crippen molar-refractivity contribution in [2.24, 2.45) is 0 Å². The van der Waals surface area contributed by atoms with Gasteiger partial charge >= 0.3 is 0 Å². The van der Waals surface area contributed by atoms with Crippen LogP contribution in [0.2, 0.25) is 0 Å². The summed E-state index contributed by atoms with van der Waals surface area (Å²) in [4.78, 5) is 3.98. The summed E-state index contributed by atoms with van der Waals surface area (Å²) in [6.45, 7) is 3.27. The maximum absolute atomic E-state index is 13.2. The van der Waals surface area contributed by atoms with E-state index in [9.17, 15) is 12.8 Å². The predicted octanol–water partition coefficient (Wildman–Crippen LogP) is 2.64. The third-order valence-corrected chi connectivity index (χ3v) is 4.02. The summed E-state index contributed by atoms with van der Waals surface area (Å²) in [5.74, 6) is -0.169. The zero-order chi connectivity index (χ0) is 14.0. The van der Waals surface area contributed by atoms with E-state index in [1.807, 2.05) is 0 Å². The average molecular weight is 280 g/mol. The zero-order valence-corrected chi connectivity index (χ0v) is 11.3. The molecule has 100 valence electrons. The molecule has 0 amide bonds. The molecule has 6 heteroatoms. The molecule has 0 fully saturated rings. The molecule has 4 nitrogen and oxygen atoms in total. The molecule has 0 bridgehead atoms. The lowest BCUT2D eigenvalue weighted by Crippen LogP contribution is -2.15. The monoisotopic (exact) mass is 280 g/mol. The van der Waals surface area contributed by atoms with Crippen molar-refractivity contribution in [1.29, 1.82) is 0 Å². The van der Waals surface area contributed by atoms with Gasteiger partial charge in [0.1, 0.15) is 11.6 Å². The number of nitrogens with one attached hydrogen (secondary N) is 1. The van der Waals surface area contributed by atoms with E-state index in [1.165, 1.54) is 25.3 Å². The van der Waals surface area contributed by atoms with Crippen molar-refractivity contribution in [2.75, 3.05) is 4.72 Å². The molecule has 0 aliphatic rings. The number of aromatic nitrogens is 1. The normalized spacial score (nSPS) is 11.3. The molecule has 0 unspecified atom stereocenters. The third-order valence-electron chi connectivity index (χ3n) is 2.68. The van der Waals surface area contributed by atoms with Crippen LogP contribution in [-0.4, -0.2) is 13.4 Å². The highest BCUT2D eigenvalue weighted by atomic mass is 32.2. The highest BCUT2D eigenvalue weighted by molar-refractivity contribution is 7.92. The Kier molecular flexibility index (Phi) is 3.53. The van der Waals surface area contributed by atoms with E-state index < -0.39 is 15.8 Å². The highest BCUT2D eigenvalue weighted by Gasteiger charge is 2.16. The third kappa shape index (κ3) is 2.90. The SMILES string of the molecule is Cc1cc(S(=O)(=O)Nc2ncccc2C)ccc1F. The van der Waals surface area contributed by atoms with Crippen molar-refractivity contribution < 1.29 is 12.8 Å². The Morgan fingerprint density at radius 1 is 1.16 bits per heavy atom. The molecule has 1 N–H and O–H groups in total. The first kappa shape index (κ1) is 13.5. The second-order valence-electron chi connectivity index (χ2n) is 4.19. The number of anilines is 1. The molecule has 2 rings (SSSR count). The Labute approximate surface area is 111 Å². The van der Waals surface area contributed by atoms with Gasteiger partial charge in [0.2, 0.25) is 0 Å². The number of nitrogens with zero attached hydrogens (tertiary/aromatic N) is 1. The summed E-state index contributed by atoms with van der Waals surface area (Å²) in [5, 5.41) is 0. The molecule has 1 heterocycles. The van der Waals surface area contributed by atoms with E-state index in [0.29, 0.717) is 5.56 Å². The van der Waals surface area contributed by atoms with Crippen LogP contribution in [0.25, 0.3) is 0 Å². The van der Waals surface area contributed by atoms with Crippen LogP contribution in [0.5, 0.6) is 0 Å². The van der Waals surface area contributed by atoms with Gasteiger partial charge in [-0.25, -0.2) is 17.8 Å². The lowest BCUT2D eigenvalue weighted by molar-refractivity contribution is 0.598. The van der Waals surface area contributed by atoms with Crippen molar-refractivity contribution in [3.63, 3.8) is 0 Å². The Morgan fingerprint density at radius 2 is 1.89 bits per heavy atom. The van der Waals surface area contributed by atoms with Crippen LogP contribution in [0.3, 0.4) is 0 Å². The molecule has 2 aromatic rings. The van der Waals surface area contributed by atoms with Gasteiger partial charge in [-0.15, -0.1) is 0 Å². The second-order valence-corrected chi connectivity index (χ2v) is 5.87. The van der Waals surface area contributed by atoms with Crippen LogP contribution in [-0.2, 0) is 10.0 Å². The predicted molar refractivity (Wildman–Crippen MR) is 70.9 cm³/mol. The lowest BCUT2D eigenvalue weighted by atomic mass is 10.2. The number of rotatable bonds is 3. The number of pyridine rings is 1. The quantitative estimate of drug-likeness (QED) is 0.940. The fourth-order valence-electron chi connectivity index (χ4n) is 1.56. The molecule has 0 radical (unpaired) electrons. The first-order chi connectivity index (χ1) is 8.90. The molecule has 1 aromatic carbocycles. The van der Waals surface area contributed by atoms with Crippen molar-refractivity contribution in [3.05, 3.63) is 53.5 Å². The standard InChI is InChI=1S/C13H13FN2O2S/c1-9-4-3-7-15-13(9)16-19(17,18)11-5-6-12(14)10(2)8-11/h3-8H,1-2H3,(H,15,16). The minimum atomic E-state index is -3.75. The smallest absolute Gasteiger partial charge is 0.263 e. The maximum Gasteiger partial charge on any atom is 0.263 e. The number of benzene rings is 1. The highest BCUT2D eigenvalue weighted by Crippen LogP contribution is 2.19. The summed E-state index contributed by atoms with van der Waals surface area (Å²) in [6.07, 6.45) is 1.50. The van der Waals surface area contributed by atoms with E-state index in [2.05, 4.69) is 9.71 Å². The minimum absolute atomic E-state index is 0.0106. The summed E-state index contributed by atoms with van der Waals surface area (Å²) in [5.41, 5.74) is 0.991. The number of hydrogen-bond donors (Lipinski definition) is 1. The summed E-state index contributed by atoms with van der Waals surface area (Å²) in [7, 11) is -3.75. The van der Waals surface area contributed by atoms with E-state index in [-0.39, 0.29) is 16.3 Å². The van der Waals surface area contributed by atoms with Crippen LogP contribution < -0.4 is 4.72 Å². The summed E-state index contributed by atoms with van der Waals surface area (Å²) < 4.78 is 39.8. The Bertz CT molecular complexity index is 714. The molecule has 0 saturated heterocycles. The van der Waals surface area contributed by atoms with Crippen LogP contribution in [0.15, 0.2) is 41.4 Å². The maximum atomic E-state index is 13.2. The van der Waals surface area contributed by atoms with Crippen LogP contribution in [0, 0.1) is 19.7 Å². The van der Waals surface area contributed by atoms with Crippen LogP contribution in [0.1, 0.15) is 11.1 Å². The second kappa shape index (κ2) is 4.97. The minimum Gasteiger partial charge on any atom is -0.263 e. The first-order valence-corrected chi connectivity index (χ1v) is 7.09. The Hall–Kier alpha value is -1.95. The number of sulfonamides is 1. The fraction of sp³-hybridized carbons (Fsp3) is 0.154. The van der Waals surface area contributed by atoms with Gasteiger partial charge < -0.3 is 0 Å². The molecular formula is C13H13FN2O2S. The molecule has 0 spiro atoms. The van der Waals surface area contributed by atoms with Crippen LogP contribution >= 0.6 is 0 Å². The molecule has 19 heavy (non-hydrogen) atoms. The molecule has 0 aliphatic heterocycles. The molecule has 0 aliphatic carbocycles. The molecule has 0 atom stereocenters. The fourth-order valence-corrected chi connectivity index (χ4v) is 2.73.